The van der Waals surface area contributed by atoms with Crippen molar-refractivity contribution < 1.29 is 14.4 Å². The predicted octanol–water partition coefficient (Wildman–Crippen LogP) is 3.41. The van der Waals surface area contributed by atoms with Gasteiger partial charge in [-0.3, -0.25) is 19.3 Å². The molecule has 6 nitrogen and oxygen atoms in total. The van der Waals surface area contributed by atoms with Crippen molar-refractivity contribution in [3.05, 3.63) is 70.4 Å². The van der Waals surface area contributed by atoms with Crippen molar-refractivity contribution in [2.45, 2.75) is 32.7 Å². The zero-order valence-corrected chi connectivity index (χ0v) is 17.1. The van der Waals surface area contributed by atoms with Crippen LogP contribution in [0.25, 0.3) is 10.9 Å². The largest absolute Gasteiger partial charge is 0.358 e. The van der Waals surface area contributed by atoms with Gasteiger partial charge in [0.1, 0.15) is 0 Å². The van der Waals surface area contributed by atoms with Crippen molar-refractivity contribution in [2.24, 2.45) is 0 Å². The van der Waals surface area contributed by atoms with Crippen molar-refractivity contribution in [1.29, 1.82) is 0 Å². The Kier molecular flexibility index (Phi) is 4.24. The van der Waals surface area contributed by atoms with Crippen molar-refractivity contribution in [3.8, 4) is 0 Å². The fourth-order valence-electron chi connectivity index (χ4n) is 4.61. The highest BCUT2D eigenvalue weighted by Gasteiger charge is 2.37. The molecule has 3 aromatic rings. The minimum absolute atomic E-state index is 0.101. The molecule has 0 aliphatic carbocycles. The second-order valence-electron chi connectivity index (χ2n) is 8.25. The molecule has 0 saturated heterocycles. The Labute approximate surface area is 174 Å². The normalized spacial score (nSPS) is 16.2. The molecule has 152 valence electrons. The van der Waals surface area contributed by atoms with Crippen molar-refractivity contribution in [1.82, 2.24) is 14.8 Å². The number of carbonyl (C=O) groups is 3. The van der Waals surface area contributed by atoms with Gasteiger partial charge < -0.3 is 9.88 Å². The van der Waals surface area contributed by atoms with Crippen molar-refractivity contribution >= 4 is 28.6 Å². The van der Waals surface area contributed by atoms with Gasteiger partial charge in [0, 0.05) is 47.7 Å². The van der Waals surface area contributed by atoms with Crippen molar-refractivity contribution in [2.75, 3.05) is 13.1 Å². The molecule has 2 aliphatic heterocycles. The van der Waals surface area contributed by atoms with E-state index in [0.717, 1.165) is 18.4 Å². The first-order valence-corrected chi connectivity index (χ1v) is 10.4. The van der Waals surface area contributed by atoms with E-state index < -0.39 is 0 Å². The molecule has 0 atom stereocenters. The first-order valence-electron chi connectivity index (χ1n) is 10.4. The molecule has 3 heterocycles. The summed E-state index contributed by atoms with van der Waals surface area (Å²) in [5.41, 5.74) is 4.76. The summed E-state index contributed by atoms with van der Waals surface area (Å²) < 4.78 is 0. The van der Waals surface area contributed by atoms with Crippen LogP contribution in [-0.4, -0.2) is 51.6 Å². The molecular weight excluding hydrogens is 378 g/mol. The number of aromatic nitrogens is 1. The lowest BCUT2D eigenvalue weighted by Gasteiger charge is -2.20. The van der Waals surface area contributed by atoms with Crippen LogP contribution in [0.5, 0.6) is 0 Å². The molecule has 0 bridgehead atoms. The van der Waals surface area contributed by atoms with Gasteiger partial charge in [-0.1, -0.05) is 18.2 Å². The third-order valence-corrected chi connectivity index (χ3v) is 6.13. The molecule has 2 aromatic carbocycles. The minimum Gasteiger partial charge on any atom is -0.358 e. The second kappa shape index (κ2) is 6.83. The zero-order chi connectivity index (χ0) is 21.0. The summed E-state index contributed by atoms with van der Waals surface area (Å²) in [4.78, 5) is 44.9. The van der Waals surface area contributed by atoms with Crippen LogP contribution in [0.4, 0.5) is 0 Å². The Balaban J connectivity index is 1.40. The third-order valence-electron chi connectivity index (χ3n) is 6.13. The summed E-state index contributed by atoms with van der Waals surface area (Å²) in [5.74, 6) is -0.711. The number of H-pyrrole nitrogens is 1. The molecule has 3 amide bonds. The van der Waals surface area contributed by atoms with Gasteiger partial charge in [0.15, 0.2) is 0 Å². The Morgan fingerprint density at radius 1 is 0.967 bits per heavy atom. The Morgan fingerprint density at radius 3 is 2.50 bits per heavy atom. The number of hydrogen-bond acceptors (Lipinski definition) is 3. The van der Waals surface area contributed by atoms with Crippen LogP contribution in [0.1, 0.15) is 56.2 Å². The minimum atomic E-state index is -0.322. The maximum absolute atomic E-state index is 13.2. The number of nitrogens with zero attached hydrogens (tertiary/aromatic N) is 2. The first kappa shape index (κ1) is 18.6. The highest BCUT2D eigenvalue weighted by molar-refractivity contribution is 6.22. The Bertz CT molecular complexity index is 1210. The lowest BCUT2D eigenvalue weighted by molar-refractivity contribution is 0.0608. The standard InChI is InChI=1S/C24H23N3O3/c1-14(2)27-23(29)18-8-7-15(13-19(18)24(27)30)22(28)26-11-9-17-16-5-3-4-6-20(16)25-21(17)10-12-26/h3-8,13-14,25H,9-12H2,1-2H3. The van der Waals surface area contributed by atoms with E-state index in [1.165, 1.54) is 21.5 Å². The fourth-order valence-corrected chi connectivity index (χ4v) is 4.61. The number of para-hydroxylation sites is 1. The van der Waals surface area contributed by atoms with Gasteiger partial charge in [-0.15, -0.1) is 0 Å². The summed E-state index contributed by atoms with van der Waals surface area (Å²) in [5, 5.41) is 1.22. The fraction of sp³-hybridized carbons (Fsp3) is 0.292. The van der Waals surface area contributed by atoms with E-state index in [-0.39, 0.29) is 23.8 Å². The third kappa shape index (κ3) is 2.75. The average molecular weight is 401 g/mol. The van der Waals surface area contributed by atoms with E-state index >= 15 is 0 Å². The summed E-state index contributed by atoms with van der Waals surface area (Å²) >= 11 is 0. The SMILES string of the molecule is CC(C)N1C(=O)c2ccc(C(=O)N3CCc4[nH]c5ccccc5c4CC3)cc2C1=O. The summed E-state index contributed by atoms with van der Waals surface area (Å²) in [6, 6.07) is 12.9. The number of carbonyl (C=O) groups excluding carboxylic acids is 3. The Hall–Kier alpha value is -3.41. The molecular formula is C24H23N3O3. The smallest absolute Gasteiger partial charge is 0.261 e. The molecule has 0 spiro atoms. The van der Waals surface area contributed by atoms with Crippen molar-refractivity contribution in [3.63, 3.8) is 0 Å². The lowest BCUT2D eigenvalue weighted by atomic mass is 10.0. The van der Waals surface area contributed by atoms with E-state index in [9.17, 15) is 14.4 Å². The molecule has 30 heavy (non-hydrogen) atoms. The van der Waals surface area contributed by atoms with Crippen LogP contribution in [0.2, 0.25) is 0 Å². The molecule has 2 aliphatic rings. The monoisotopic (exact) mass is 401 g/mol. The van der Waals surface area contributed by atoms with Crippen LogP contribution in [0.3, 0.4) is 0 Å². The molecule has 0 radical (unpaired) electrons. The van der Waals surface area contributed by atoms with Gasteiger partial charge in [0.05, 0.1) is 11.1 Å². The summed E-state index contributed by atoms with van der Waals surface area (Å²) in [6.45, 7) is 4.85. The van der Waals surface area contributed by atoms with E-state index in [0.29, 0.717) is 29.8 Å². The maximum Gasteiger partial charge on any atom is 0.261 e. The highest BCUT2D eigenvalue weighted by Crippen LogP contribution is 2.28. The van der Waals surface area contributed by atoms with E-state index in [1.54, 1.807) is 18.2 Å². The number of nitrogens with one attached hydrogen (secondary N) is 1. The number of fused-ring (bicyclic) bond motifs is 4. The van der Waals surface area contributed by atoms with Crippen LogP contribution >= 0.6 is 0 Å². The number of benzene rings is 2. The highest BCUT2D eigenvalue weighted by atomic mass is 16.2. The molecule has 1 aromatic heterocycles. The molecule has 6 heteroatoms. The van der Waals surface area contributed by atoms with Crippen LogP contribution < -0.4 is 0 Å². The number of imide groups is 1. The summed E-state index contributed by atoms with van der Waals surface area (Å²) in [7, 11) is 0. The van der Waals surface area contributed by atoms with Gasteiger partial charge in [-0.2, -0.15) is 0 Å². The quantitative estimate of drug-likeness (QED) is 0.669. The molecule has 0 unspecified atom stereocenters. The van der Waals surface area contributed by atoms with Gasteiger partial charge in [0.2, 0.25) is 0 Å². The zero-order valence-electron chi connectivity index (χ0n) is 17.1. The summed E-state index contributed by atoms with van der Waals surface area (Å²) in [6.07, 6.45) is 1.55. The van der Waals surface area contributed by atoms with E-state index in [2.05, 4.69) is 17.1 Å². The second-order valence-corrected chi connectivity index (χ2v) is 8.25. The van der Waals surface area contributed by atoms with Gasteiger partial charge in [-0.25, -0.2) is 0 Å². The first-order chi connectivity index (χ1) is 14.5. The van der Waals surface area contributed by atoms with Crippen LogP contribution in [0, 0.1) is 0 Å². The number of aromatic amines is 1. The number of hydrogen-bond donors (Lipinski definition) is 1. The van der Waals surface area contributed by atoms with Gasteiger partial charge >= 0.3 is 0 Å². The van der Waals surface area contributed by atoms with E-state index in [4.69, 9.17) is 0 Å². The lowest BCUT2D eigenvalue weighted by Crippen LogP contribution is -2.36. The van der Waals surface area contributed by atoms with E-state index in [1.807, 2.05) is 30.9 Å². The number of rotatable bonds is 2. The van der Waals surface area contributed by atoms with Crippen LogP contribution in [0.15, 0.2) is 42.5 Å². The molecule has 5 rings (SSSR count). The van der Waals surface area contributed by atoms with Gasteiger partial charge in [-0.05, 0) is 50.1 Å². The maximum atomic E-state index is 13.2. The molecule has 1 N–H and O–H groups in total. The predicted molar refractivity (Wildman–Crippen MR) is 114 cm³/mol. The Morgan fingerprint density at radius 2 is 1.70 bits per heavy atom. The number of amides is 3. The topological polar surface area (TPSA) is 73.5 Å². The molecule has 0 fully saturated rings. The van der Waals surface area contributed by atoms with Crippen LogP contribution in [-0.2, 0) is 12.8 Å². The van der Waals surface area contributed by atoms with Gasteiger partial charge in [0.25, 0.3) is 17.7 Å². The average Bonchev–Trinajstić information content (AvgIpc) is 3.12. The molecule has 0 saturated carbocycles.